The smallest absolute Gasteiger partial charge is 0.343 e. The summed E-state index contributed by atoms with van der Waals surface area (Å²) in [6.45, 7) is 4.90. The maximum atomic E-state index is 13.8. The molecule has 0 bridgehead atoms. The van der Waals surface area contributed by atoms with Gasteiger partial charge in [0.25, 0.3) is 0 Å². The molecule has 0 atom stereocenters. The highest BCUT2D eigenvalue weighted by molar-refractivity contribution is 6.02. The van der Waals surface area contributed by atoms with E-state index in [1.165, 1.54) is 0 Å². The van der Waals surface area contributed by atoms with Gasteiger partial charge in [0, 0.05) is 18.2 Å². The minimum Gasteiger partial charge on any atom is -0.462 e. The predicted molar refractivity (Wildman–Crippen MR) is 125 cm³/mol. The number of aromatic nitrogens is 2. The van der Waals surface area contributed by atoms with E-state index in [-0.39, 0.29) is 17.9 Å². The second kappa shape index (κ2) is 10.3. The van der Waals surface area contributed by atoms with Gasteiger partial charge in [0.2, 0.25) is 5.91 Å². The van der Waals surface area contributed by atoms with Crippen LogP contribution in [0.1, 0.15) is 81.1 Å². The number of anilines is 1. The highest BCUT2D eigenvalue weighted by Gasteiger charge is 2.37. The molecule has 0 saturated heterocycles. The Hall–Kier alpha value is -2.63. The first kappa shape index (κ1) is 22.6. The first-order valence-corrected chi connectivity index (χ1v) is 12.2. The number of hydrogen-bond acceptors (Lipinski definition) is 4. The quantitative estimate of drug-likeness (QED) is 0.558. The van der Waals surface area contributed by atoms with Gasteiger partial charge in [-0.2, -0.15) is 5.10 Å². The lowest BCUT2D eigenvalue weighted by Crippen LogP contribution is -2.44. The molecule has 1 aromatic heterocycles. The van der Waals surface area contributed by atoms with E-state index in [0.717, 1.165) is 56.9 Å². The van der Waals surface area contributed by atoms with Gasteiger partial charge in [-0.25, -0.2) is 4.79 Å². The fourth-order valence-electron chi connectivity index (χ4n) is 5.12. The summed E-state index contributed by atoms with van der Waals surface area (Å²) in [7, 11) is 0. The molecule has 6 nitrogen and oxygen atoms in total. The molecule has 32 heavy (non-hydrogen) atoms. The molecule has 2 saturated carbocycles. The van der Waals surface area contributed by atoms with Crippen LogP contribution in [0.4, 0.5) is 5.82 Å². The Balaban J connectivity index is 1.69. The molecule has 2 aromatic rings. The number of rotatable bonds is 7. The van der Waals surface area contributed by atoms with Crippen LogP contribution in [0, 0.1) is 11.8 Å². The molecule has 2 aliphatic carbocycles. The standard InChI is InChI=1S/C26H35N3O3/c1-3-32-26(31)23-18-28(17-20-9-5-4-6-10-20)27-24(23)29(22-11-7-8-12-22)25(30)21-15-13-19(2)14-16-21/h4-6,9-10,18-19,21-22H,3,7-8,11-17H2,1-2H3/t19-,21-. The summed E-state index contributed by atoms with van der Waals surface area (Å²) < 4.78 is 7.13. The Morgan fingerprint density at radius 2 is 1.75 bits per heavy atom. The van der Waals surface area contributed by atoms with Crippen molar-refractivity contribution in [2.75, 3.05) is 11.5 Å². The fourth-order valence-corrected chi connectivity index (χ4v) is 5.12. The van der Waals surface area contributed by atoms with Crippen LogP contribution >= 0.6 is 0 Å². The first-order valence-electron chi connectivity index (χ1n) is 12.2. The summed E-state index contributed by atoms with van der Waals surface area (Å²) in [5.41, 5.74) is 1.49. The van der Waals surface area contributed by atoms with Gasteiger partial charge in [-0.1, -0.05) is 50.1 Å². The van der Waals surface area contributed by atoms with Gasteiger partial charge < -0.3 is 4.74 Å². The van der Waals surface area contributed by atoms with Gasteiger partial charge in [-0.15, -0.1) is 0 Å². The van der Waals surface area contributed by atoms with E-state index < -0.39 is 5.97 Å². The predicted octanol–water partition coefficient (Wildman–Crippen LogP) is 5.21. The van der Waals surface area contributed by atoms with Crippen molar-refractivity contribution in [2.45, 2.75) is 77.8 Å². The van der Waals surface area contributed by atoms with Gasteiger partial charge >= 0.3 is 5.97 Å². The molecule has 4 rings (SSSR count). The normalized spacial score (nSPS) is 21.4. The molecule has 0 unspecified atom stereocenters. The Morgan fingerprint density at radius 1 is 1.06 bits per heavy atom. The zero-order chi connectivity index (χ0) is 22.5. The lowest BCUT2D eigenvalue weighted by Gasteiger charge is -2.34. The molecule has 1 amide bonds. The van der Waals surface area contributed by atoms with E-state index in [1.807, 2.05) is 35.2 Å². The summed E-state index contributed by atoms with van der Waals surface area (Å²) >= 11 is 0. The van der Waals surface area contributed by atoms with E-state index in [1.54, 1.807) is 17.8 Å². The van der Waals surface area contributed by atoms with Crippen molar-refractivity contribution in [3.8, 4) is 0 Å². The summed E-state index contributed by atoms with van der Waals surface area (Å²) in [6, 6.07) is 10.1. The first-order chi connectivity index (χ1) is 15.6. The largest absolute Gasteiger partial charge is 0.462 e. The molecule has 6 heteroatoms. The second-order valence-corrected chi connectivity index (χ2v) is 9.37. The van der Waals surface area contributed by atoms with Crippen molar-refractivity contribution in [1.82, 2.24) is 9.78 Å². The number of carbonyl (C=O) groups is 2. The van der Waals surface area contributed by atoms with Crippen LogP contribution in [0.3, 0.4) is 0 Å². The SMILES string of the molecule is CCOC(=O)c1cn(Cc2ccccc2)nc1N(C(=O)[C@H]1CC[C@H](C)CC1)C1CCCC1. The van der Waals surface area contributed by atoms with Crippen molar-refractivity contribution in [1.29, 1.82) is 0 Å². The summed E-state index contributed by atoms with van der Waals surface area (Å²) in [5.74, 6) is 0.907. The van der Waals surface area contributed by atoms with Gasteiger partial charge in [-0.05, 0) is 56.9 Å². The Bertz CT molecular complexity index is 910. The minimum atomic E-state index is -0.408. The molecule has 1 aromatic carbocycles. The number of amides is 1. The third kappa shape index (κ3) is 5.05. The average Bonchev–Trinajstić information content (AvgIpc) is 3.46. The lowest BCUT2D eigenvalue weighted by molar-refractivity contribution is -0.124. The zero-order valence-corrected chi connectivity index (χ0v) is 19.3. The van der Waals surface area contributed by atoms with Crippen LogP contribution in [-0.4, -0.2) is 34.3 Å². The van der Waals surface area contributed by atoms with Crippen LogP contribution in [-0.2, 0) is 16.1 Å². The highest BCUT2D eigenvalue weighted by Crippen LogP contribution is 2.36. The molecule has 0 spiro atoms. The molecule has 172 valence electrons. The maximum absolute atomic E-state index is 13.8. The number of hydrogen-bond donors (Lipinski definition) is 0. The van der Waals surface area contributed by atoms with Gasteiger partial charge in [0.15, 0.2) is 5.82 Å². The lowest BCUT2D eigenvalue weighted by atomic mass is 9.82. The second-order valence-electron chi connectivity index (χ2n) is 9.37. The summed E-state index contributed by atoms with van der Waals surface area (Å²) in [4.78, 5) is 28.6. The third-order valence-corrected chi connectivity index (χ3v) is 6.95. The number of benzene rings is 1. The Labute approximate surface area is 190 Å². The Kier molecular flexibility index (Phi) is 7.28. The summed E-state index contributed by atoms with van der Waals surface area (Å²) in [6.07, 6.45) is 9.89. The van der Waals surface area contributed by atoms with E-state index >= 15 is 0 Å². The van der Waals surface area contributed by atoms with Crippen LogP contribution in [0.15, 0.2) is 36.5 Å². The number of nitrogens with zero attached hydrogens (tertiary/aromatic N) is 3. The van der Waals surface area contributed by atoms with Crippen LogP contribution in [0.2, 0.25) is 0 Å². The third-order valence-electron chi connectivity index (χ3n) is 6.95. The molecule has 1 heterocycles. The molecular weight excluding hydrogens is 402 g/mol. The Morgan fingerprint density at radius 3 is 2.41 bits per heavy atom. The molecule has 0 N–H and O–H groups in total. The molecule has 0 aliphatic heterocycles. The van der Waals surface area contributed by atoms with Crippen molar-refractivity contribution in [3.63, 3.8) is 0 Å². The van der Waals surface area contributed by atoms with Crippen molar-refractivity contribution in [2.24, 2.45) is 11.8 Å². The monoisotopic (exact) mass is 437 g/mol. The fraction of sp³-hybridized carbons (Fsp3) is 0.577. The summed E-state index contributed by atoms with van der Waals surface area (Å²) in [5, 5.41) is 4.81. The van der Waals surface area contributed by atoms with E-state index in [4.69, 9.17) is 9.84 Å². The van der Waals surface area contributed by atoms with Crippen molar-refractivity contribution < 1.29 is 14.3 Å². The van der Waals surface area contributed by atoms with Crippen LogP contribution in [0.5, 0.6) is 0 Å². The van der Waals surface area contributed by atoms with Crippen molar-refractivity contribution >= 4 is 17.7 Å². The van der Waals surface area contributed by atoms with Gasteiger partial charge in [-0.3, -0.25) is 14.4 Å². The number of esters is 1. The minimum absolute atomic E-state index is 0.0149. The molecule has 2 fully saturated rings. The van der Waals surface area contributed by atoms with Gasteiger partial charge in [0.05, 0.1) is 13.2 Å². The number of ether oxygens (including phenoxy) is 1. The maximum Gasteiger partial charge on any atom is 0.343 e. The van der Waals surface area contributed by atoms with E-state index in [2.05, 4.69) is 6.92 Å². The average molecular weight is 438 g/mol. The van der Waals surface area contributed by atoms with E-state index in [0.29, 0.717) is 30.5 Å². The molecule has 0 radical (unpaired) electrons. The molecule has 2 aliphatic rings. The van der Waals surface area contributed by atoms with Crippen LogP contribution < -0.4 is 4.90 Å². The molecular formula is C26H35N3O3. The van der Waals surface area contributed by atoms with Gasteiger partial charge in [0.1, 0.15) is 5.56 Å². The highest BCUT2D eigenvalue weighted by atomic mass is 16.5. The topological polar surface area (TPSA) is 64.4 Å². The number of carbonyl (C=O) groups excluding carboxylic acids is 2. The van der Waals surface area contributed by atoms with E-state index in [9.17, 15) is 9.59 Å². The van der Waals surface area contributed by atoms with Crippen molar-refractivity contribution in [3.05, 3.63) is 47.7 Å². The van der Waals surface area contributed by atoms with Crippen LogP contribution in [0.25, 0.3) is 0 Å². The zero-order valence-electron chi connectivity index (χ0n) is 19.3.